The van der Waals surface area contributed by atoms with E-state index in [9.17, 15) is 4.79 Å². The van der Waals surface area contributed by atoms with Gasteiger partial charge in [0.05, 0.1) is 6.61 Å². The Balaban J connectivity index is 1.44. The van der Waals surface area contributed by atoms with E-state index in [1.165, 1.54) is 0 Å². The van der Waals surface area contributed by atoms with Crippen LogP contribution in [-0.2, 0) is 16.0 Å². The maximum absolute atomic E-state index is 13.0. The number of benzene rings is 2. The molecule has 1 amide bonds. The van der Waals surface area contributed by atoms with Gasteiger partial charge < -0.3 is 14.1 Å². The maximum atomic E-state index is 13.0. The number of hydrogen-bond donors (Lipinski definition) is 0. The SMILES string of the molecule is CCC1CN(C(=O)CCc2nc(-c3ccccc3)c(-c3ccccc3)o2)CCN1CCOC. The highest BCUT2D eigenvalue weighted by Crippen LogP contribution is 2.33. The molecule has 2 aromatic carbocycles. The van der Waals surface area contributed by atoms with E-state index in [1.807, 2.05) is 65.6 Å². The highest BCUT2D eigenvalue weighted by atomic mass is 16.5. The number of hydrogen-bond acceptors (Lipinski definition) is 5. The number of ether oxygens (including phenoxy) is 1. The van der Waals surface area contributed by atoms with Crippen LogP contribution in [0.25, 0.3) is 22.6 Å². The molecule has 4 rings (SSSR count). The van der Waals surface area contributed by atoms with Gasteiger partial charge >= 0.3 is 0 Å². The summed E-state index contributed by atoms with van der Waals surface area (Å²) in [5.41, 5.74) is 2.82. The zero-order valence-electron chi connectivity index (χ0n) is 19.6. The van der Waals surface area contributed by atoms with E-state index in [1.54, 1.807) is 7.11 Å². The van der Waals surface area contributed by atoms with E-state index in [-0.39, 0.29) is 5.91 Å². The summed E-state index contributed by atoms with van der Waals surface area (Å²) in [6.45, 7) is 6.24. The second kappa shape index (κ2) is 11.3. The lowest BCUT2D eigenvalue weighted by atomic mass is 10.1. The zero-order valence-corrected chi connectivity index (χ0v) is 19.6. The average molecular weight is 448 g/mol. The number of amides is 1. The van der Waals surface area contributed by atoms with E-state index in [2.05, 4.69) is 11.8 Å². The molecule has 0 radical (unpaired) electrons. The summed E-state index contributed by atoms with van der Waals surface area (Å²) in [4.78, 5) is 22.2. The summed E-state index contributed by atoms with van der Waals surface area (Å²) in [6, 6.07) is 20.5. The number of oxazole rings is 1. The highest BCUT2D eigenvalue weighted by Gasteiger charge is 2.28. The fourth-order valence-electron chi connectivity index (χ4n) is 4.43. The summed E-state index contributed by atoms with van der Waals surface area (Å²) in [7, 11) is 1.73. The minimum Gasteiger partial charge on any atom is -0.440 e. The van der Waals surface area contributed by atoms with Crippen LogP contribution in [-0.4, -0.2) is 66.6 Å². The number of piperazine rings is 1. The molecule has 0 aliphatic carbocycles. The Morgan fingerprint density at radius 1 is 1.06 bits per heavy atom. The van der Waals surface area contributed by atoms with Gasteiger partial charge in [-0.3, -0.25) is 9.69 Å². The lowest BCUT2D eigenvalue weighted by molar-refractivity contribution is -0.134. The van der Waals surface area contributed by atoms with E-state index >= 15 is 0 Å². The summed E-state index contributed by atoms with van der Waals surface area (Å²) in [6.07, 6.45) is 1.91. The van der Waals surface area contributed by atoms with Crippen molar-refractivity contribution in [3.8, 4) is 22.6 Å². The van der Waals surface area contributed by atoms with Crippen molar-refractivity contribution < 1.29 is 13.9 Å². The molecular formula is C27H33N3O3. The molecule has 2 heterocycles. The Labute approximate surface area is 196 Å². The van der Waals surface area contributed by atoms with Gasteiger partial charge in [-0.05, 0) is 6.42 Å². The third-order valence-electron chi connectivity index (χ3n) is 6.32. The Kier molecular flexibility index (Phi) is 7.92. The molecule has 33 heavy (non-hydrogen) atoms. The van der Waals surface area contributed by atoms with Gasteiger partial charge in [0.2, 0.25) is 5.91 Å². The molecule has 1 unspecified atom stereocenters. The van der Waals surface area contributed by atoms with Crippen molar-refractivity contribution >= 4 is 5.91 Å². The summed E-state index contributed by atoms with van der Waals surface area (Å²) in [5.74, 6) is 1.52. The van der Waals surface area contributed by atoms with Crippen LogP contribution in [0, 0.1) is 0 Å². The van der Waals surface area contributed by atoms with Crippen LogP contribution < -0.4 is 0 Å². The molecule has 1 aliphatic heterocycles. The number of methoxy groups -OCH3 is 1. The third-order valence-corrected chi connectivity index (χ3v) is 6.32. The van der Waals surface area contributed by atoms with E-state index in [0.29, 0.717) is 24.8 Å². The average Bonchev–Trinajstić information content (AvgIpc) is 3.31. The first kappa shape index (κ1) is 23.2. The normalized spacial score (nSPS) is 16.8. The molecule has 1 aromatic heterocycles. The Morgan fingerprint density at radius 2 is 1.76 bits per heavy atom. The van der Waals surface area contributed by atoms with Crippen LogP contribution in [0.2, 0.25) is 0 Å². The molecule has 0 bridgehead atoms. The summed E-state index contributed by atoms with van der Waals surface area (Å²) < 4.78 is 11.4. The monoisotopic (exact) mass is 447 g/mol. The second-order valence-corrected chi connectivity index (χ2v) is 8.45. The molecule has 0 N–H and O–H groups in total. The van der Waals surface area contributed by atoms with Crippen LogP contribution in [0.3, 0.4) is 0 Å². The van der Waals surface area contributed by atoms with Crippen LogP contribution in [0.15, 0.2) is 65.1 Å². The van der Waals surface area contributed by atoms with E-state index in [0.717, 1.165) is 61.8 Å². The third kappa shape index (κ3) is 5.70. The van der Waals surface area contributed by atoms with Crippen molar-refractivity contribution in [2.45, 2.75) is 32.2 Å². The van der Waals surface area contributed by atoms with Crippen molar-refractivity contribution in [1.29, 1.82) is 0 Å². The van der Waals surface area contributed by atoms with Gasteiger partial charge in [0, 0.05) is 63.3 Å². The minimum atomic E-state index is 0.167. The number of rotatable bonds is 9. The first-order chi connectivity index (χ1) is 16.2. The first-order valence-corrected chi connectivity index (χ1v) is 11.8. The molecular weight excluding hydrogens is 414 g/mol. The Bertz CT molecular complexity index is 963. The quantitative estimate of drug-likeness (QED) is 0.483. The lowest BCUT2D eigenvalue weighted by Crippen LogP contribution is -2.55. The number of carbonyl (C=O) groups is 1. The predicted molar refractivity (Wildman–Crippen MR) is 130 cm³/mol. The lowest BCUT2D eigenvalue weighted by Gasteiger charge is -2.41. The molecule has 0 spiro atoms. The number of aromatic nitrogens is 1. The molecule has 1 aliphatic rings. The summed E-state index contributed by atoms with van der Waals surface area (Å²) in [5, 5.41) is 0. The van der Waals surface area contributed by atoms with Gasteiger partial charge in [-0.1, -0.05) is 67.6 Å². The fourth-order valence-corrected chi connectivity index (χ4v) is 4.43. The first-order valence-electron chi connectivity index (χ1n) is 11.8. The second-order valence-electron chi connectivity index (χ2n) is 8.45. The maximum Gasteiger partial charge on any atom is 0.223 e. The molecule has 1 fully saturated rings. The van der Waals surface area contributed by atoms with Gasteiger partial charge in [0.25, 0.3) is 0 Å². The van der Waals surface area contributed by atoms with Crippen LogP contribution in [0.5, 0.6) is 0 Å². The largest absolute Gasteiger partial charge is 0.440 e. The van der Waals surface area contributed by atoms with Crippen molar-refractivity contribution in [3.63, 3.8) is 0 Å². The highest BCUT2D eigenvalue weighted by molar-refractivity contribution is 5.78. The molecule has 0 saturated carbocycles. The molecule has 3 aromatic rings. The Hall–Kier alpha value is -2.96. The van der Waals surface area contributed by atoms with Gasteiger partial charge in [-0.25, -0.2) is 4.98 Å². The van der Waals surface area contributed by atoms with Crippen LogP contribution in [0.4, 0.5) is 0 Å². The summed E-state index contributed by atoms with van der Waals surface area (Å²) >= 11 is 0. The number of aryl methyl sites for hydroxylation is 1. The van der Waals surface area contributed by atoms with Crippen LogP contribution in [0.1, 0.15) is 25.7 Å². The Morgan fingerprint density at radius 3 is 2.42 bits per heavy atom. The van der Waals surface area contributed by atoms with Gasteiger partial charge in [-0.15, -0.1) is 0 Å². The smallest absolute Gasteiger partial charge is 0.223 e. The van der Waals surface area contributed by atoms with Crippen molar-refractivity contribution in [1.82, 2.24) is 14.8 Å². The zero-order chi connectivity index (χ0) is 23.0. The molecule has 6 heteroatoms. The van der Waals surface area contributed by atoms with Gasteiger partial charge in [0.15, 0.2) is 11.7 Å². The van der Waals surface area contributed by atoms with Crippen molar-refractivity contribution in [2.24, 2.45) is 0 Å². The molecule has 6 nitrogen and oxygen atoms in total. The van der Waals surface area contributed by atoms with Gasteiger partial charge in [0.1, 0.15) is 5.69 Å². The van der Waals surface area contributed by atoms with Gasteiger partial charge in [-0.2, -0.15) is 0 Å². The molecule has 174 valence electrons. The predicted octanol–water partition coefficient (Wildman–Crippen LogP) is 4.51. The van der Waals surface area contributed by atoms with Crippen molar-refractivity contribution in [3.05, 3.63) is 66.6 Å². The minimum absolute atomic E-state index is 0.167. The van der Waals surface area contributed by atoms with Crippen molar-refractivity contribution in [2.75, 3.05) is 39.9 Å². The number of nitrogens with zero attached hydrogens (tertiary/aromatic N) is 3. The van der Waals surface area contributed by atoms with Crippen LogP contribution >= 0.6 is 0 Å². The fraction of sp³-hybridized carbons (Fsp3) is 0.407. The van der Waals surface area contributed by atoms with E-state index in [4.69, 9.17) is 14.1 Å². The topological polar surface area (TPSA) is 58.8 Å². The molecule has 1 atom stereocenters. The standard InChI is InChI=1S/C27H33N3O3/c1-3-23-20-30(17-16-29(23)18-19-32-2)25(31)15-14-24-28-26(21-10-6-4-7-11-21)27(33-24)22-12-8-5-9-13-22/h4-13,23H,3,14-20H2,1-2H3. The molecule has 1 saturated heterocycles. The number of carbonyl (C=O) groups excluding carboxylic acids is 1. The van der Waals surface area contributed by atoms with E-state index < -0.39 is 0 Å².